The van der Waals surface area contributed by atoms with Crippen LogP contribution in [0.4, 0.5) is 0 Å². The van der Waals surface area contributed by atoms with Crippen LogP contribution < -0.4 is 5.73 Å². The van der Waals surface area contributed by atoms with E-state index in [9.17, 15) is 9.90 Å². The van der Waals surface area contributed by atoms with Crippen LogP contribution in [-0.2, 0) is 10.3 Å². The molecule has 4 N–H and O–H groups in total. The number of hydrogen-bond donors (Lipinski definition) is 3. The molecule has 0 fully saturated rings. The molecule has 5 nitrogen and oxygen atoms in total. The first-order chi connectivity index (χ1) is 6.35. The molecule has 76 valence electrons. The SMILES string of the molecule is C[C@](N)(C(=O)O)c1nc(I)ccc1O. The molecule has 0 aliphatic carbocycles. The van der Waals surface area contributed by atoms with Gasteiger partial charge in [-0.15, -0.1) is 0 Å². The van der Waals surface area contributed by atoms with Crippen molar-refractivity contribution in [2.75, 3.05) is 0 Å². The Morgan fingerprint density at radius 1 is 1.64 bits per heavy atom. The van der Waals surface area contributed by atoms with E-state index in [-0.39, 0.29) is 11.4 Å². The van der Waals surface area contributed by atoms with Gasteiger partial charge in [0.2, 0.25) is 0 Å². The van der Waals surface area contributed by atoms with Gasteiger partial charge >= 0.3 is 5.97 Å². The molecule has 0 saturated heterocycles. The fraction of sp³-hybridized carbons (Fsp3) is 0.250. The third kappa shape index (κ3) is 1.95. The Hall–Kier alpha value is -0.890. The average molecular weight is 308 g/mol. The third-order valence-corrected chi connectivity index (χ3v) is 2.38. The van der Waals surface area contributed by atoms with Gasteiger partial charge in [-0.1, -0.05) is 0 Å². The van der Waals surface area contributed by atoms with Crippen LogP contribution in [0.1, 0.15) is 12.6 Å². The van der Waals surface area contributed by atoms with Crippen molar-refractivity contribution in [3.8, 4) is 5.75 Å². The minimum Gasteiger partial charge on any atom is -0.506 e. The zero-order valence-electron chi connectivity index (χ0n) is 7.36. The second-order valence-corrected chi connectivity index (χ2v) is 4.11. The van der Waals surface area contributed by atoms with Gasteiger partial charge < -0.3 is 15.9 Å². The molecule has 0 amide bonds. The van der Waals surface area contributed by atoms with E-state index in [4.69, 9.17) is 10.8 Å². The maximum atomic E-state index is 10.8. The molecule has 0 unspecified atom stereocenters. The molecule has 0 saturated carbocycles. The molecule has 0 radical (unpaired) electrons. The predicted octanol–water partition coefficient (Wildman–Crippen LogP) is 0.650. The lowest BCUT2D eigenvalue weighted by Crippen LogP contribution is -2.42. The Kier molecular flexibility index (Phi) is 2.95. The predicted molar refractivity (Wildman–Crippen MR) is 57.8 cm³/mol. The van der Waals surface area contributed by atoms with E-state index in [1.54, 1.807) is 6.07 Å². The van der Waals surface area contributed by atoms with Gasteiger partial charge in [0.15, 0.2) is 5.54 Å². The topological polar surface area (TPSA) is 96.4 Å². The van der Waals surface area contributed by atoms with Gasteiger partial charge in [-0.2, -0.15) is 0 Å². The van der Waals surface area contributed by atoms with Crippen molar-refractivity contribution < 1.29 is 15.0 Å². The highest BCUT2D eigenvalue weighted by molar-refractivity contribution is 14.1. The van der Waals surface area contributed by atoms with E-state index in [0.717, 1.165) is 0 Å². The molecule has 0 aromatic carbocycles. The number of carboxylic acids is 1. The maximum absolute atomic E-state index is 10.8. The van der Waals surface area contributed by atoms with E-state index in [2.05, 4.69) is 4.98 Å². The lowest BCUT2D eigenvalue weighted by atomic mass is 9.98. The van der Waals surface area contributed by atoms with Crippen LogP contribution in [0, 0.1) is 3.70 Å². The fourth-order valence-electron chi connectivity index (χ4n) is 0.911. The molecule has 0 bridgehead atoms. The van der Waals surface area contributed by atoms with Gasteiger partial charge in [0, 0.05) is 0 Å². The summed E-state index contributed by atoms with van der Waals surface area (Å²) in [6.07, 6.45) is 0. The first-order valence-electron chi connectivity index (χ1n) is 3.74. The van der Waals surface area contributed by atoms with Crippen molar-refractivity contribution >= 4 is 28.6 Å². The highest BCUT2D eigenvalue weighted by atomic mass is 127. The third-order valence-electron chi connectivity index (χ3n) is 1.78. The molecule has 0 aliphatic rings. The van der Waals surface area contributed by atoms with Gasteiger partial charge in [0.25, 0.3) is 0 Å². The van der Waals surface area contributed by atoms with Crippen LogP contribution in [0.15, 0.2) is 12.1 Å². The average Bonchev–Trinajstić information content (AvgIpc) is 2.08. The van der Waals surface area contributed by atoms with Crippen LogP contribution in [0.5, 0.6) is 5.75 Å². The number of pyridine rings is 1. The molecule has 1 aromatic heterocycles. The lowest BCUT2D eigenvalue weighted by molar-refractivity contribution is -0.143. The summed E-state index contributed by atoms with van der Waals surface area (Å²) in [6.45, 7) is 1.29. The first-order valence-corrected chi connectivity index (χ1v) is 4.82. The molecular formula is C8H9IN2O3. The summed E-state index contributed by atoms with van der Waals surface area (Å²) < 4.78 is 0.577. The van der Waals surface area contributed by atoms with Gasteiger partial charge in [-0.05, 0) is 41.6 Å². The van der Waals surface area contributed by atoms with Crippen molar-refractivity contribution in [3.05, 3.63) is 21.5 Å². The molecule has 0 aliphatic heterocycles. The van der Waals surface area contributed by atoms with Crippen LogP contribution in [0.2, 0.25) is 0 Å². The molecular weight excluding hydrogens is 299 g/mol. The summed E-state index contributed by atoms with van der Waals surface area (Å²) in [4.78, 5) is 14.7. The summed E-state index contributed by atoms with van der Waals surface area (Å²) in [5.74, 6) is -1.44. The van der Waals surface area contributed by atoms with Gasteiger partial charge in [-0.3, -0.25) is 0 Å². The Bertz CT molecular complexity index is 379. The smallest absolute Gasteiger partial charge is 0.329 e. The Balaban J connectivity index is 3.31. The lowest BCUT2D eigenvalue weighted by Gasteiger charge is -2.19. The molecule has 14 heavy (non-hydrogen) atoms. The number of carboxylic acid groups (broad SMARTS) is 1. The highest BCUT2D eigenvalue weighted by Gasteiger charge is 2.34. The zero-order valence-corrected chi connectivity index (χ0v) is 9.52. The molecule has 0 spiro atoms. The van der Waals surface area contributed by atoms with Crippen LogP contribution >= 0.6 is 22.6 Å². The fourth-order valence-corrected chi connectivity index (χ4v) is 1.33. The van der Waals surface area contributed by atoms with E-state index >= 15 is 0 Å². The van der Waals surface area contributed by atoms with Crippen molar-refractivity contribution in [2.45, 2.75) is 12.5 Å². The van der Waals surface area contributed by atoms with E-state index in [1.165, 1.54) is 13.0 Å². The number of carbonyl (C=O) groups is 1. The first kappa shape index (κ1) is 11.2. The van der Waals surface area contributed by atoms with E-state index in [0.29, 0.717) is 3.70 Å². The summed E-state index contributed by atoms with van der Waals surface area (Å²) in [5, 5.41) is 18.2. The van der Waals surface area contributed by atoms with Crippen molar-refractivity contribution in [3.63, 3.8) is 0 Å². The van der Waals surface area contributed by atoms with E-state index < -0.39 is 11.5 Å². The Labute approximate surface area is 94.1 Å². The molecule has 6 heteroatoms. The summed E-state index contributed by atoms with van der Waals surface area (Å²) in [6, 6.07) is 2.94. The Morgan fingerprint density at radius 3 is 2.71 bits per heavy atom. The normalized spacial score (nSPS) is 14.8. The van der Waals surface area contributed by atoms with Gasteiger partial charge in [0.1, 0.15) is 15.1 Å². The Morgan fingerprint density at radius 2 is 2.21 bits per heavy atom. The van der Waals surface area contributed by atoms with Crippen molar-refractivity contribution in [1.29, 1.82) is 0 Å². The maximum Gasteiger partial charge on any atom is 0.329 e. The van der Waals surface area contributed by atoms with Crippen LogP contribution in [0.25, 0.3) is 0 Å². The van der Waals surface area contributed by atoms with Gasteiger partial charge in [-0.25, -0.2) is 9.78 Å². The van der Waals surface area contributed by atoms with Gasteiger partial charge in [0.05, 0.1) is 0 Å². The molecule has 1 aromatic rings. The number of nitrogens with two attached hydrogens (primary N) is 1. The van der Waals surface area contributed by atoms with Crippen molar-refractivity contribution in [1.82, 2.24) is 4.98 Å². The zero-order chi connectivity index (χ0) is 10.9. The van der Waals surface area contributed by atoms with Crippen LogP contribution in [-0.4, -0.2) is 21.2 Å². The number of aromatic hydroxyl groups is 1. The number of hydrogen-bond acceptors (Lipinski definition) is 4. The number of halogens is 1. The molecule has 1 atom stereocenters. The summed E-state index contributed by atoms with van der Waals surface area (Å²) in [5.41, 5.74) is 3.82. The number of rotatable bonds is 2. The molecule has 1 heterocycles. The molecule has 1 rings (SSSR count). The summed E-state index contributed by atoms with van der Waals surface area (Å²) >= 11 is 1.91. The quantitative estimate of drug-likeness (QED) is 0.551. The number of aliphatic carboxylic acids is 1. The second-order valence-electron chi connectivity index (χ2n) is 3.01. The monoisotopic (exact) mass is 308 g/mol. The summed E-state index contributed by atoms with van der Waals surface area (Å²) in [7, 11) is 0. The second kappa shape index (κ2) is 3.70. The van der Waals surface area contributed by atoms with Crippen molar-refractivity contribution in [2.24, 2.45) is 5.73 Å². The highest BCUT2D eigenvalue weighted by Crippen LogP contribution is 2.25. The number of aromatic nitrogens is 1. The van der Waals surface area contributed by atoms with E-state index in [1.807, 2.05) is 22.6 Å². The minimum absolute atomic E-state index is 0.0306. The number of nitrogens with zero attached hydrogens (tertiary/aromatic N) is 1. The standard InChI is InChI=1S/C8H9IN2O3/c1-8(10,7(13)14)6-4(12)2-3-5(9)11-6/h2-3,12H,10H2,1H3,(H,13,14)/t8-/m1/s1. The largest absolute Gasteiger partial charge is 0.506 e. The minimum atomic E-state index is -1.68. The van der Waals surface area contributed by atoms with Crippen LogP contribution in [0.3, 0.4) is 0 Å².